The van der Waals surface area contributed by atoms with Crippen molar-refractivity contribution in [1.82, 2.24) is 55.6 Å². The molecule has 1 aliphatic rings. The minimum absolute atomic E-state index is 0.0168. The third kappa shape index (κ3) is 20.2. The first-order valence-corrected chi connectivity index (χ1v) is 30.8. The average molecular weight is 1230 g/mol. The number of allylic oxidation sites excluding steroid dienone is 2. The van der Waals surface area contributed by atoms with Crippen molar-refractivity contribution in [2.45, 2.75) is 222 Å². The Morgan fingerprint density at radius 1 is 0.540 bits per heavy atom. The molecule has 0 spiro atoms. The van der Waals surface area contributed by atoms with Gasteiger partial charge in [-0.15, -0.1) is 0 Å². The number of nitrogens with one attached hydrogen (secondary N) is 4. The second kappa shape index (κ2) is 33.9. The molecule has 25 nitrogen and oxygen atoms in total. The minimum Gasteiger partial charge on any atom is -0.390 e. The molecule has 0 aliphatic carbocycles. The van der Waals surface area contributed by atoms with Gasteiger partial charge in [0.05, 0.1) is 12.6 Å². The molecule has 0 unspecified atom stereocenters. The van der Waals surface area contributed by atoms with Crippen LogP contribution >= 0.6 is 0 Å². The molecule has 0 radical (unpaired) electrons. The molecule has 1 fully saturated rings. The van der Waals surface area contributed by atoms with E-state index in [2.05, 4.69) is 21.3 Å². The molecule has 0 bridgehead atoms. The molecular formula is C62H111N11O14. The number of likely N-dealkylation sites (N-methyl/N-ethyl adjacent to an activating group) is 7. The average Bonchev–Trinajstić information content (AvgIpc) is 0.839. The maximum Gasteiger partial charge on any atom is 0.278 e. The Morgan fingerprint density at radius 2 is 1.01 bits per heavy atom. The fourth-order valence-electron chi connectivity index (χ4n) is 10.7. The highest BCUT2D eigenvalue weighted by molar-refractivity contribution is 6.00. The molecule has 1 rings (SSSR count). The smallest absolute Gasteiger partial charge is 0.278 e. The quantitative estimate of drug-likeness (QED) is 0.115. The summed E-state index contributed by atoms with van der Waals surface area (Å²) in [6, 6.07) is -10.8. The normalized spacial score (nSPS) is 28.3. The van der Waals surface area contributed by atoms with Crippen molar-refractivity contribution in [3.63, 3.8) is 0 Å². The van der Waals surface area contributed by atoms with E-state index in [9.17, 15) is 53.7 Å². The first-order chi connectivity index (χ1) is 39.9. The zero-order chi connectivity index (χ0) is 67.8. The van der Waals surface area contributed by atoms with Crippen molar-refractivity contribution in [3.05, 3.63) is 12.2 Å². The zero-order valence-electron chi connectivity index (χ0n) is 56.8. The van der Waals surface area contributed by atoms with Gasteiger partial charge in [-0.2, -0.15) is 0 Å². The van der Waals surface area contributed by atoms with Gasteiger partial charge in [0.1, 0.15) is 48.3 Å². The number of amides is 11. The highest BCUT2D eigenvalue weighted by atomic mass is 16.4. The molecule has 25 heteroatoms. The molecule has 11 amide bonds. The summed E-state index contributed by atoms with van der Waals surface area (Å²) < 4.78 is 0. The number of hydrogen-bond donors (Lipinski definition) is 7. The van der Waals surface area contributed by atoms with Gasteiger partial charge in [0, 0.05) is 61.7 Å². The molecule has 0 aromatic rings. The monoisotopic (exact) mass is 1230 g/mol. The molecule has 1 aliphatic heterocycles. The van der Waals surface area contributed by atoms with Crippen LogP contribution in [-0.4, -0.2) is 236 Å². The van der Waals surface area contributed by atoms with Gasteiger partial charge in [-0.3, -0.25) is 52.7 Å². The van der Waals surface area contributed by atoms with Gasteiger partial charge in [0.25, 0.3) is 11.8 Å². The van der Waals surface area contributed by atoms with Crippen molar-refractivity contribution >= 4 is 65.0 Å². The van der Waals surface area contributed by atoms with Crippen LogP contribution in [0.4, 0.5) is 0 Å². The van der Waals surface area contributed by atoms with E-state index in [4.69, 9.17) is 0 Å². The summed E-state index contributed by atoms with van der Waals surface area (Å²) in [6.45, 7) is 27.5. The van der Waals surface area contributed by atoms with Gasteiger partial charge < -0.3 is 70.9 Å². The van der Waals surface area contributed by atoms with E-state index in [-0.39, 0.29) is 49.9 Å². The summed E-state index contributed by atoms with van der Waals surface area (Å²) in [6.07, 6.45) is 1.69. The summed E-state index contributed by atoms with van der Waals surface area (Å²) in [5, 5.41) is 48.4. The first-order valence-electron chi connectivity index (χ1n) is 30.8. The maximum absolute atomic E-state index is 15.2. The third-order valence-corrected chi connectivity index (χ3v) is 16.5. The molecule has 87 heavy (non-hydrogen) atoms. The van der Waals surface area contributed by atoms with Crippen LogP contribution in [-0.2, 0) is 52.7 Å². The second-order valence-corrected chi connectivity index (χ2v) is 26.4. The van der Waals surface area contributed by atoms with E-state index >= 15 is 14.4 Å². The molecule has 0 aromatic carbocycles. The molecule has 498 valence electrons. The summed E-state index contributed by atoms with van der Waals surface area (Å²) >= 11 is 0. The second-order valence-electron chi connectivity index (χ2n) is 26.4. The van der Waals surface area contributed by atoms with Crippen LogP contribution in [0.5, 0.6) is 0 Å². The highest BCUT2D eigenvalue weighted by Crippen LogP contribution is 2.33. The molecule has 0 saturated carbocycles. The molecule has 1 heterocycles. The van der Waals surface area contributed by atoms with E-state index < -0.39 is 168 Å². The number of aliphatic hydroxyl groups excluding tert-OH is 1. The molecule has 0 aromatic heterocycles. The first kappa shape index (κ1) is 78.8. The predicted octanol–water partition coefficient (Wildman–Crippen LogP) is 1.91. The fraction of sp³-hybridized carbons (Fsp3) is 0.790. The Kier molecular flexibility index (Phi) is 30.8. The van der Waals surface area contributed by atoms with Gasteiger partial charge in [0.2, 0.25) is 64.6 Å². The maximum atomic E-state index is 15.2. The van der Waals surface area contributed by atoms with Crippen LogP contribution in [0, 0.1) is 41.4 Å². The molecule has 7 N–H and O–H groups in total. The number of aliphatic hydroxyl groups is 3. The standard InChI is InChI=1S/C62H111N11O14/c1-25-27-28-40(15)50(75)49-54(79)65-43(26-2)56(81)67(18)33-47(74)68(19)44(29-34(3)4)53(78)66-48(38(11)12)58(83)69(20)45(30-35(5)6)52(77)63-41(16)51(76)64-42(17)55(80)70(21)46(31-36(7)8)57(82)72(23)61(86,32-37(9)10)59(84)73(24)62(87,39(13)14)60(85)71(49)22/h25,27,34-46,48-50,75,86-87H,26,28-33H2,1-24H3,(H,63,77)(H,64,76)(H,65,79)(H,66,78)/b27-25+/t40-,41+,42-,43+,44+,45+,46+,48+,49+,50-,61+,62+/m1/s1. The van der Waals surface area contributed by atoms with Crippen molar-refractivity contribution in [2.75, 3.05) is 55.9 Å². The third-order valence-electron chi connectivity index (χ3n) is 16.5. The van der Waals surface area contributed by atoms with Crippen LogP contribution in [0.2, 0.25) is 0 Å². The van der Waals surface area contributed by atoms with E-state index in [0.717, 1.165) is 40.7 Å². The van der Waals surface area contributed by atoms with Crippen LogP contribution in [0.3, 0.4) is 0 Å². The van der Waals surface area contributed by atoms with E-state index in [1.165, 1.54) is 65.7 Å². The van der Waals surface area contributed by atoms with E-state index in [1.54, 1.807) is 74.5 Å². The lowest BCUT2D eigenvalue weighted by Crippen LogP contribution is -2.71. The Hall–Kier alpha value is -6.21. The molecule has 1 saturated heterocycles. The van der Waals surface area contributed by atoms with Gasteiger partial charge in [-0.1, -0.05) is 109 Å². The van der Waals surface area contributed by atoms with E-state index in [0.29, 0.717) is 4.90 Å². The lowest BCUT2D eigenvalue weighted by molar-refractivity contribution is -0.212. The summed E-state index contributed by atoms with van der Waals surface area (Å²) in [4.78, 5) is 167. The zero-order valence-corrected chi connectivity index (χ0v) is 56.8. The van der Waals surface area contributed by atoms with Crippen molar-refractivity contribution in [1.29, 1.82) is 0 Å². The largest absolute Gasteiger partial charge is 0.390 e. The topological polar surface area (TPSA) is 319 Å². The number of nitrogens with zero attached hydrogens (tertiary/aromatic N) is 7. The van der Waals surface area contributed by atoms with Crippen LogP contribution in [0.25, 0.3) is 0 Å². The highest BCUT2D eigenvalue weighted by Gasteiger charge is 2.56. The van der Waals surface area contributed by atoms with Gasteiger partial charge in [0.15, 0.2) is 0 Å². The Morgan fingerprint density at radius 3 is 1.47 bits per heavy atom. The van der Waals surface area contributed by atoms with Crippen molar-refractivity contribution < 1.29 is 68.1 Å². The minimum atomic E-state index is -2.93. The Bertz CT molecular complexity index is 2440. The van der Waals surface area contributed by atoms with Gasteiger partial charge in [-0.25, -0.2) is 0 Å². The fourth-order valence-corrected chi connectivity index (χ4v) is 10.7. The lowest BCUT2D eigenvalue weighted by atomic mass is 9.89. The SMILES string of the molecule is C/C=C/C[C@@H](C)[C@@H](O)[C@H]1C(=O)N[C@@H](CC)C(=O)N(C)CC(=O)N(C)[C@@H](CC(C)C)C(=O)N[C@@H](C(C)C)C(=O)N(C)[C@@H](CC(C)C)C(=O)N[C@@H](C)C(=O)N[C@H](C)C(=O)N(C)[C@@H](CC(C)C)C(=O)N(C)[C@](O)(CC(C)C)C(=O)N(C)[C@](O)(C(C)C)C(=O)N1C. The van der Waals surface area contributed by atoms with Crippen LogP contribution < -0.4 is 21.3 Å². The van der Waals surface area contributed by atoms with Crippen LogP contribution in [0.15, 0.2) is 12.2 Å². The van der Waals surface area contributed by atoms with Crippen LogP contribution in [0.1, 0.15) is 156 Å². The molecular weight excluding hydrogens is 1120 g/mol. The molecule has 12 atom stereocenters. The Balaban J connectivity index is 4.44. The Labute approximate surface area is 518 Å². The summed E-state index contributed by atoms with van der Waals surface area (Å²) in [7, 11) is 8.75. The number of hydrogen-bond acceptors (Lipinski definition) is 14. The number of rotatable bonds is 15. The van der Waals surface area contributed by atoms with Crippen molar-refractivity contribution in [2.24, 2.45) is 41.4 Å². The number of carbonyl (C=O) groups is 11. The van der Waals surface area contributed by atoms with Gasteiger partial charge in [-0.05, 0) is 88.4 Å². The van der Waals surface area contributed by atoms with Gasteiger partial charge >= 0.3 is 0 Å². The predicted molar refractivity (Wildman–Crippen MR) is 331 cm³/mol. The number of carbonyl (C=O) groups excluding carboxylic acids is 11. The summed E-state index contributed by atoms with van der Waals surface area (Å²) in [5.41, 5.74) is -5.76. The van der Waals surface area contributed by atoms with Crippen molar-refractivity contribution in [3.8, 4) is 0 Å². The lowest BCUT2D eigenvalue weighted by Gasteiger charge is -2.48. The van der Waals surface area contributed by atoms with E-state index in [1.807, 2.05) is 27.7 Å². The summed E-state index contributed by atoms with van der Waals surface area (Å²) in [5.74, 6) is -13.3.